The first-order valence-electron chi connectivity index (χ1n) is 7.18. The minimum Gasteiger partial charge on any atom is -0.426 e. The van der Waals surface area contributed by atoms with Gasteiger partial charge in [0.05, 0.1) is 11.5 Å². The van der Waals surface area contributed by atoms with Crippen LogP contribution in [0.2, 0.25) is 0 Å². The second-order valence-corrected chi connectivity index (χ2v) is 5.31. The maximum absolute atomic E-state index is 13.5. The van der Waals surface area contributed by atoms with Crippen LogP contribution in [0.4, 0.5) is 4.39 Å². The van der Waals surface area contributed by atoms with Crippen LogP contribution >= 0.6 is 0 Å². The van der Waals surface area contributed by atoms with E-state index in [1.54, 1.807) is 6.07 Å². The number of hydrogen-bond acceptors (Lipinski definition) is 3. The lowest BCUT2D eigenvalue weighted by molar-refractivity contribution is -0.140. The molecule has 0 saturated heterocycles. The molecular weight excluding hydrogens is 269 g/mol. The smallest absolute Gasteiger partial charge is 0.314 e. The number of ether oxygens (including phenoxy) is 1. The molecule has 0 heterocycles. The molecule has 2 rings (SSSR count). The SMILES string of the molecule is C/C=C/C1CCC(C(=O)Oc2ccc(C#N)c(F)c2)CC1. The Labute approximate surface area is 124 Å². The first kappa shape index (κ1) is 15.2. The zero-order valence-electron chi connectivity index (χ0n) is 12.0. The van der Waals surface area contributed by atoms with Crippen LogP contribution in [0.5, 0.6) is 5.75 Å². The van der Waals surface area contributed by atoms with Gasteiger partial charge in [0, 0.05) is 6.07 Å². The molecule has 0 spiro atoms. The van der Waals surface area contributed by atoms with Gasteiger partial charge in [-0.25, -0.2) is 4.39 Å². The van der Waals surface area contributed by atoms with Crippen LogP contribution < -0.4 is 4.74 Å². The number of benzene rings is 1. The summed E-state index contributed by atoms with van der Waals surface area (Å²) in [5, 5.41) is 8.66. The first-order valence-corrected chi connectivity index (χ1v) is 7.18. The van der Waals surface area contributed by atoms with Gasteiger partial charge >= 0.3 is 5.97 Å². The van der Waals surface area contributed by atoms with Gasteiger partial charge in [0.1, 0.15) is 17.6 Å². The Hall–Kier alpha value is -2.15. The highest BCUT2D eigenvalue weighted by Crippen LogP contribution is 2.31. The van der Waals surface area contributed by atoms with Crippen LogP contribution in [0.3, 0.4) is 0 Å². The Kier molecular flexibility index (Phi) is 5.10. The van der Waals surface area contributed by atoms with Gasteiger partial charge in [0.15, 0.2) is 0 Å². The Balaban J connectivity index is 1.93. The second-order valence-electron chi connectivity index (χ2n) is 5.31. The van der Waals surface area contributed by atoms with E-state index in [9.17, 15) is 9.18 Å². The maximum Gasteiger partial charge on any atom is 0.314 e. The third-order valence-corrected chi connectivity index (χ3v) is 3.85. The fourth-order valence-electron chi connectivity index (χ4n) is 2.67. The van der Waals surface area contributed by atoms with Crippen LogP contribution in [-0.4, -0.2) is 5.97 Å². The van der Waals surface area contributed by atoms with Crippen LogP contribution in [-0.2, 0) is 4.79 Å². The molecule has 0 radical (unpaired) electrons. The monoisotopic (exact) mass is 287 g/mol. The minimum atomic E-state index is -0.667. The van der Waals surface area contributed by atoms with E-state index in [0.717, 1.165) is 31.7 Å². The summed E-state index contributed by atoms with van der Waals surface area (Å²) >= 11 is 0. The van der Waals surface area contributed by atoms with Crippen molar-refractivity contribution in [3.8, 4) is 11.8 Å². The molecule has 1 saturated carbocycles. The fraction of sp³-hybridized carbons (Fsp3) is 0.412. The van der Waals surface area contributed by atoms with Crippen LogP contribution in [0, 0.1) is 29.0 Å². The topological polar surface area (TPSA) is 50.1 Å². The highest BCUT2D eigenvalue weighted by atomic mass is 19.1. The number of carbonyl (C=O) groups is 1. The third-order valence-electron chi connectivity index (χ3n) is 3.85. The lowest BCUT2D eigenvalue weighted by atomic mass is 9.82. The van der Waals surface area contributed by atoms with Gasteiger partial charge < -0.3 is 4.74 Å². The molecule has 0 aromatic heterocycles. The molecule has 1 aromatic carbocycles. The van der Waals surface area contributed by atoms with E-state index < -0.39 is 5.82 Å². The molecule has 0 bridgehead atoms. The molecule has 0 aliphatic heterocycles. The summed E-state index contributed by atoms with van der Waals surface area (Å²) in [5.74, 6) is -0.388. The van der Waals surface area contributed by atoms with Gasteiger partial charge in [-0.2, -0.15) is 5.26 Å². The van der Waals surface area contributed by atoms with Crippen LogP contribution in [0.15, 0.2) is 30.4 Å². The number of halogens is 1. The molecule has 1 fully saturated rings. The lowest BCUT2D eigenvalue weighted by Crippen LogP contribution is -2.25. The molecule has 1 aliphatic rings. The van der Waals surface area contributed by atoms with E-state index in [0.29, 0.717) is 5.92 Å². The summed E-state index contributed by atoms with van der Waals surface area (Å²) in [6, 6.07) is 5.59. The van der Waals surface area contributed by atoms with E-state index in [2.05, 4.69) is 6.08 Å². The number of carbonyl (C=O) groups excluding carboxylic acids is 1. The van der Waals surface area contributed by atoms with Crippen molar-refractivity contribution >= 4 is 5.97 Å². The van der Waals surface area contributed by atoms with Gasteiger partial charge in [-0.1, -0.05) is 12.2 Å². The van der Waals surface area contributed by atoms with Gasteiger partial charge in [-0.3, -0.25) is 4.79 Å². The van der Waals surface area contributed by atoms with Crippen molar-refractivity contribution in [3.05, 3.63) is 41.7 Å². The van der Waals surface area contributed by atoms with E-state index in [4.69, 9.17) is 10.00 Å². The molecule has 21 heavy (non-hydrogen) atoms. The fourth-order valence-corrected chi connectivity index (χ4v) is 2.67. The molecule has 0 amide bonds. The van der Waals surface area contributed by atoms with Gasteiger partial charge in [-0.15, -0.1) is 0 Å². The third kappa shape index (κ3) is 3.91. The van der Waals surface area contributed by atoms with Crippen molar-refractivity contribution in [3.63, 3.8) is 0 Å². The van der Waals surface area contributed by atoms with Gasteiger partial charge in [0.2, 0.25) is 0 Å². The zero-order valence-corrected chi connectivity index (χ0v) is 12.0. The molecule has 3 nitrogen and oxygen atoms in total. The number of rotatable bonds is 3. The van der Waals surface area contributed by atoms with Crippen molar-refractivity contribution in [2.45, 2.75) is 32.6 Å². The van der Waals surface area contributed by atoms with Crippen LogP contribution in [0.25, 0.3) is 0 Å². The Bertz CT molecular complexity index is 581. The number of nitriles is 1. The maximum atomic E-state index is 13.5. The zero-order chi connectivity index (χ0) is 15.2. The second kappa shape index (κ2) is 7.03. The molecular formula is C17H18FNO2. The number of hydrogen-bond donors (Lipinski definition) is 0. The summed E-state index contributed by atoms with van der Waals surface area (Å²) in [5.41, 5.74) is -0.0540. The Morgan fingerprint density at radius 3 is 2.67 bits per heavy atom. The summed E-state index contributed by atoms with van der Waals surface area (Å²) in [6.07, 6.45) is 7.78. The summed E-state index contributed by atoms with van der Waals surface area (Å²) in [7, 11) is 0. The average molecular weight is 287 g/mol. The van der Waals surface area contributed by atoms with E-state index in [1.165, 1.54) is 12.1 Å². The van der Waals surface area contributed by atoms with Crippen molar-refractivity contribution in [2.75, 3.05) is 0 Å². The number of nitrogens with zero attached hydrogens (tertiary/aromatic N) is 1. The molecule has 0 unspecified atom stereocenters. The lowest BCUT2D eigenvalue weighted by Gasteiger charge is -2.25. The van der Waals surface area contributed by atoms with E-state index in [1.807, 2.05) is 13.0 Å². The quantitative estimate of drug-likeness (QED) is 0.480. The molecule has 1 aromatic rings. The largest absolute Gasteiger partial charge is 0.426 e. The van der Waals surface area contributed by atoms with Gasteiger partial charge in [0.25, 0.3) is 0 Å². The standard InChI is InChI=1S/C17H18FNO2/c1-2-3-12-4-6-13(7-5-12)17(20)21-15-9-8-14(11-19)16(18)10-15/h2-3,8-10,12-13H,4-7H2,1H3/b3-2+. The Morgan fingerprint density at radius 2 is 2.10 bits per heavy atom. The van der Waals surface area contributed by atoms with Crippen molar-refractivity contribution in [2.24, 2.45) is 11.8 Å². The molecule has 0 N–H and O–H groups in total. The van der Waals surface area contributed by atoms with E-state index in [-0.39, 0.29) is 23.2 Å². The minimum absolute atomic E-state index is 0.0540. The predicted octanol–water partition coefficient (Wildman–Crippen LogP) is 3.99. The molecule has 4 heteroatoms. The predicted molar refractivity (Wildman–Crippen MR) is 77.0 cm³/mol. The highest BCUT2D eigenvalue weighted by Gasteiger charge is 2.26. The number of allylic oxidation sites excluding steroid dienone is 2. The normalized spacial score (nSPS) is 22.0. The van der Waals surface area contributed by atoms with E-state index >= 15 is 0 Å². The first-order chi connectivity index (χ1) is 10.1. The average Bonchev–Trinajstić information content (AvgIpc) is 2.48. The summed E-state index contributed by atoms with van der Waals surface area (Å²) < 4.78 is 18.7. The number of esters is 1. The molecule has 110 valence electrons. The molecule has 1 aliphatic carbocycles. The summed E-state index contributed by atoms with van der Waals surface area (Å²) in [6.45, 7) is 2.00. The van der Waals surface area contributed by atoms with Crippen molar-refractivity contribution in [1.29, 1.82) is 5.26 Å². The molecule has 0 atom stereocenters. The van der Waals surface area contributed by atoms with Crippen molar-refractivity contribution in [1.82, 2.24) is 0 Å². The highest BCUT2D eigenvalue weighted by molar-refractivity contribution is 5.75. The van der Waals surface area contributed by atoms with Crippen LogP contribution in [0.1, 0.15) is 38.2 Å². The van der Waals surface area contributed by atoms with Gasteiger partial charge in [-0.05, 0) is 50.7 Å². The Morgan fingerprint density at radius 1 is 1.38 bits per heavy atom. The summed E-state index contributed by atoms with van der Waals surface area (Å²) in [4.78, 5) is 12.1. The van der Waals surface area contributed by atoms with Crippen molar-refractivity contribution < 1.29 is 13.9 Å².